The molecule has 0 spiro atoms. The fourth-order valence-electron chi connectivity index (χ4n) is 2.30. The maximum atomic E-state index is 12.3. The molecule has 0 saturated heterocycles. The summed E-state index contributed by atoms with van der Waals surface area (Å²) in [6.07, 6.45) is 3.45. The molecule has 23 heavy (non-hydrogen) atoms. The van der Waals surface area contributed by atoms with Gasteiger partial charge in [0.15, 0.2) is 17.3 Å². The van der Waals surface area contributed by atoms with Gasteiger partial charge in [0.2, 0.25) is 6.79 Å². The zero-order valence-electron chi connectivity index (χ0n) is 12.0. The van der Waals surface area contributed by atoms with Crippen LogP contribution in [0.2, 0.25) is 0 Å². The number of ether oxygens (including phenoxy) is 2. The first-order valence-electron chi connectivity index (χ1n) is 7.05. The number of carbonyl (C=O) groups is 1. The van der Waals surface area contributed by atoms with Crippen LogP contribution in [0.3, 0.4) is 0 Å². The van der Waals surface area contributed by atoms with Crippen molar-refractivity contribution >= 4 is 34.5 Å². The third-order valence-corrected chi connectivity index (χ3v) is 5.56. The Kier molecular flexibility index (Phi) is 3.73. The van der Waals surface area contributed by atoms with Crippen molar-refractivity contribution in [3.05, 3.63) is 64.4 Å². The van der Waals surface area contributed by atoms with E-state index in [1.54, 1.807) is 46.9 Å². The molecular formula is C18H12O3S2. The Morgan fingerprint density at radius 3 is 2.83 bits per heavy atom. The molecule has 0 atom stereocenters. The smallest absolute Gasteiger partial charge is 0.231 e. The molecule has 5 heteroatoms. The summed E-state index contributed by atoms with van der Waals surface area (Å²) < 4.78 is 10.6. The highest BCUT2D eigenvalue weighted by Gasteiger charge is 2.15. The van der Waals surface area contributed by atoms with Gasteiger partial charge in [-0.1, -0.05) is 6.07 Å². The molecule has 0 bridgehead atoms. The molecule has 0 amide bonds. The molecule has 4 rings (SSSR count). The molecular weight excluding hydrogens is 328 g/mol. The fourth-order valence-corrected chi connectivity index (χ4v) is 4.04. The summed E-state index contributed by atoms with van der Waals surface area (Å²) in [4.78, 5) is 15.8. The molecule has 0 radical (unpaired) electrons. The summed E-state index contributed by atoms with van der Waals surface area (Å²) in [6.45, 7) is 0.212. The highest BCUT2D eigenvalue weighted by Crippen LogP contribution is 2.33. The largest absolute Gasteiger partial charge is 0.454 e. The van der Waals surface area contributed by atoms with E-state index in [1.165, 1.54) is 9.75 Å². The van der Waals surface area contributed by atoms with E-state index in [0.717, 1.165) is 4.88 Å². The first-order valence-corrected chi connectivity index (χ1v) is 8.75. The predicted molar refractivity (Wildman–Crippen MR) is 93.6 cm³/mol. The first kappa shape index (κ1) is 14.2. The van der Waals surface area contributed by atoms with Crippen molar-refractivity contribution in [1.82, 2.24) is 0 Å². The van der Waals surface area contributed by atoms with Gasteiger partial charge in [0.25, 0.3) is 0 Å². The van der Waals surface area contributed by atoms with Crippen LogP contribution < -0.4 is 9.47 Å². The van der Waals surface area contributed by atoms with Crippen LogP contribution >= 0.6 is 22.7 Å². The van der Waals surface area contributed by atoms with Gasteiger partial charge in [0.05, 0.1) is 0 Å². The molecule has 0 saturated carbocycles. The van der Waals surface area contributed by atoms with Gasteiger partial charge in [0.1, 0.15) is 0 Å². The summed E-state index contributed by atoms with van der Waals surface area (Å²) in [7, 11) is 0. The van der Waals surface area contributed by atoms with Crippen molar-refractivity contribution in [2.75, 3.05) is 6.79 Å². The molecule has 3 heterocycles. The van der Waals surface area contributed by atoms with Crippen molar-refractivity contribution in [3.63, 3.8) is 0 Å². The lowest BCUT2D eigenvalue weighted by atomic mass is 10.1. The second-order valence-corrected chi connectivity index (χ2v) is 7.01. The number of fused-ring (bicyclic) bond motifs is 1. The summed E-state index contributed by atoms with van der Waals surface area (Å²) in [5.74, 6) is 1.26. The van der Waals surface area contributed by atoms with E-state index in [4.69, 9.17) is 9.47 Å². The third-order valence-electron chi connectivity index (χ3n) is 3.45. The van der Waals surface area contributed by atoms with Gasteiger partial charge in [0, 0.05) is 20.2 Å². The second kappa shape index (κ2) is 6.02. The monoisotopic (exact) mass is 340 g/mol. The molecule has 114 valence electrons. The van der Waals surface area contributed by atoms with Crippen LogP contribution in [-0.4, -0.2) is 12.6 Å². The number of allylic oxidation sites excluding steroid dienone is 1. The van der Waals surface area contributed by atoms with E-state index in [9.17, 15) is 4.79 Å². The van der Waals surface area contributed by atoms with Crippen molar-refractivity contribution in [2.45, 2.75) is 0 Å². The van der Waals surface area contributed by atoms with Crippen molar-refractivity contribution in [2.24, 2.45) is 0 Å². The van der Waals surface area contributed by atoms with E-state index >= 15 is 0 Å². The van der Waals surface area contributed by atoms with E-state index in [1.807, 2.05) is 18.2 Å². The normalized spacial score (nSPS) is 12.9. The minimum atomic E-state index is -0.0469. The predicted octanol–water partition coefficient (Wildman–Crippen LogP) is 5.10. The maximum Gasteiger partial charge on any atom is 0.231 e. The number of rotatable bonds is 4. The van der Waals surface area contributed by atoms with Crippen LogP contribution in [-0.2, 0) is 0 Å². The van der Waals surface area contributed by atoms with Crippen LogP contribution in [0, 0.1) is 0 Å². The SMILES string of the molecule is O=C(/C=C/c1ccc(-c2cccs2)s1)c1ccc2c(c1)OCO2. The molecule has 2 aromatic heterocycles. The highest BCUT2D eigenvalue weighted by molar-refractivity contribution is 7.21. The summed E-state index contributed by atoms with van der Waals surface area (Å²) in [5.41, 5.74) is 0.598. The standard InChI is InChI=1S/C18H12O3S2/c19-14(12-3-7-15-16(10-12)21-11-20-15)6-4-13-5-8-18(23-13)17-2-1-9-22-17/h1-10H,11H2/b6-4+. The molecule has 0 N–H and O–H groups in total. The Balaban J connectivity index is 1.51. The number of hydrogen-bond donors (Lipinski definition) is 0. The van der Waals surface area contributed by atoms with E-state index in [-0.39, 0.29) is 12.6 Å². The quantitative estimate of drug-likeness (QED) is 0.489. The molecule has 1 aliphatic heterocycles. The topological polar surface area (TPSA) is 35.5 Å². The lowest BCUT2D eigenvalue weighted by molar-refractivity contribution is 0.104. The van der Waals surface area contributed by atoms with Gasteiger partial charge >= 0.3 is 0 Å². The van der Waals surface area contributed by atoms with E-state index in [2.05, 4.69) is 17.5 Å². The lowest BCUT2D eigenvalue weighted by Crippen LogP contribution is -1.94. The number of carbonyl (C=O) groups excluding carboxylic acids is 1. The molecule has 0 aliphatic carbocycles. The van der Waals surface area contributed by atoms with Gasteiger partial charge in [-0.05, 0) is 53.9 Å². The van der Waals surface area contributed by atoms with Crippen LogP contribution in [0.15, 0.2) is 53.9 Å². The van der Waals surface area contributed by atoms with Crippen LogP contribution in [0.5, 0.6) is 11.5 Å². The Hall–Kier alpha value is -2.37. The van der Waals surface area contributed by atoms with Crippen LogP contribution in [0.4, 0.5) is 0 Å². The van der Waals surface area contributed by atoms with Crippen molar-refractivity contribution in [1.29, 1.82) is 0 Å². The van der Waals surface area contributed by atoms with Gasteiger partial charge in [-0.2, -0.15) is 0 Å². The minimum Gasteiger partial charge on any atom is -0.454 e. The molecule has 1 aromatic carbocycles. The molecule has 1 aliphatic rings. The Bertz CT molecular complexity index is 876. The van der Waals surface area contributed by atoms with E-state index in [0.29, 0.717) is 17.1 Å². The molecule has 3 nitrogen and oxygen atoms in total. The van der Waals surface area contributed by atoms with Crippen molar-refractivity contribution < 1.29 is 14.3 Å². The summed E-state index contributed by atoms with van der Waals surface area (Å²) in [5, 5.41) is 2.06. The third kappa shape index (κ3) is 2.93. The van der Waals surface area contributed by atoms with Crippen molar-refractivity contribution in [3.8, 4) is 21.3 Å². The lowest BCUT2D eigenvalue weighted by Gasteiger charge is -1.98. The number of thiophene rings is 2. The molecule has 0 fully saturated rings. The summed E-state index contributed by atoms with van der Waals surface area (Å²) >= 11 is 3.39. The Labute approximate surface area is 141 Å². The maximum absolute atomic E-state index is 12.3. The fraction of sp³-hybridized carbons (Fsp3) is 0.0556. The van der Waals surface area contributed by atoms with Gasteiger partial charge < -0.3 is 9.47 Å². The summed E-state index contributed by atoms with van der Waals surface area (Å²) in [6, 6.07) is 13.5. The number of ketones is 1. The number of benzene rings is 1. The van der Waals surface area contributed by atoms with Crippen LogP contribution in [0.25, 0.3) is 15.8 Å². The van der Waals surface area contributed by atoms with E-state index < -0.39 is 0 Å². The van der Waals surface area contributed by atoms with Gasteiger partial charge in [-0.25, -0.2) is 0 Å². The molecule has 3 aromatic rings. The zero-order chi connectivity index (χ0) is 15.6. The van der Waals surface area contributed by atoms with Gasteiger partial charge in [-0.3, -0.25) is 4.79 Å². The average molecular weight is 340 g/mol. The van der Waals surface area contributed by atoms with Crippen LogP contribution in [0.1, 0.15) is 15.2 Å². The first-order chi connectivity index (χ1) is 11.3. The average Bonchev–Trinajstić information content (AvgIpc) is 3.32. The van der Waals surface area contributed by atoms with Gasteiger partial charge in [-0.15, -0.1) is 22.7 Å². The molecule has 0 unspecified atom stereocenters. The zero-order valence-corrected chi connectivity index (χ0v) is 13.7. The second-order valence-electron chi connectivity index (χ2n) is 4.94. The Morgan fingerprint density at radius 2 is 1.96 bits per heavy atom. The minimum absolute atomic E-state index is 0.0469. The highest BCUT2D eigenvalue weighted by atomic mass is 32.1. The Morgan fingerprint density at radius 1 is 1.04 bits per heavy atom. The number of hydrogen-bond acceptors (Lipinski definition) is 5.